The zero-order chi connectivity index (χ0) is 8.40. The Kier molecular flexibility index (Phi) is 0.917. The van der Waals surface area contributed by atoms with E-state index < -0.39 is 13.4 Å². The van der Waals surface area contributed by atoms with E-state index in [-0.39, 0.29) is 0 Å². The molecule has 2 unspecified atom stereocenters. The summed E-state index contributed by atoms with van der Waals surface area (Å²) in [5.74, 6) is 1.16. The number of phosphoric ester groups is 1. The van der Waals surface area contributed by atoms with Gasteiger partial charge < -0.3 is 9.05 Å². The second kappa shape index (κ2) is 1.63. The van der Waals surface area contributed by atoms with Gasteiger partial charge in [0.2, 0.25) is 0 Å². The van der Waals surface area contributed by atoms with Crippen molar-refractivity contribution in [1.82, 2.24) is 0 Å². The normalized spacial score (nSPS) is 47.8. The van der Waals surface area contributed by atoms with Crippen LogP contribution in [0.3, 0.4) is 0 Å². The van der Waals surface area contributed by atoms with Crippen molar-refractivity contribution in [1.29, 1.82) is 0 Å². The van der Waals surface area contributed by atoms with Gasteiger partial charge in [0.05, 0.1) is 0 Å². The molecule has 0 spiro atoms. The minimum atomic E-state index is -3.25. The molecule has 5 heteroatoms. The average Bonchev–Trinajstić information content (AvgIpc) is 2.36. The maximum Gasteiger partial charge on any atom is 0.588 e. The summed E-state index contributed by atoms with van der Waals surface area (Å²) in [6.07, 6.45) is 4.40. The van der Waals surface area contributed by atoms with E-state index in [2.05, 4.69) is 0 Å². The van der Waals surface area contributed by atoms with Crippen LogP contribution in [0.4, 0.5) is 0 Å². The van der Waals surface area contributed by atoms with Crippen molar-refractivity contribution in [2.24, 2.45) is 0 Å². The molecule has 1 aliphatic carbocycles. The third kappa shape index (κ3) is 0.609. The molecule has 0 N–H and O–H groups in total. The van der Waals surface area contributed by atoms with Gasteiger partial charge in [0.1, 0.15) is 5.60 Å². The van der Waals surface area contributed by atoms with Crippen LogP contribution >= 0.6 is 7.82 Å². The first-order valence-electron chi connectivity index (χ1n) is 3.73. The lowest BCUT2D eigenvalue weighted by atomic mass is 9.95. The standard InChI is InChI=1S/C7H7O4P/c1-7-4-2-3-5-6(7)10-12(8,9-5)11-7/h2-3H,4H2,1H3. The minimum absolute atomic E-state index is 0.544. The van der Waals surface area contributed by atoms with Crippen molar-refractivity contribution >= 4 is 7.82 Å². The summed E-state index contributed by atoms with van der Waals surface area (Å²) in [6, 6.07) is 0. The zero-order valence-corrected chi connectivity index (χ0v) is 7.34. The fourth-order valence-corrected chi connectivity index (χ4v) is 3.30. The van der Waals surface area contributed by atoms with Crippen molar-refractivity contribution in [3.05, 3.63) is 23.7 Å². The number of hydrogen-bond donors (Lipinski definition) is 0. The number of hydrogen-bond acceptors (Lipinski definition) is 4. The molecule has 1 saturated heterocycles. The molecule has 0 aromatic heterocycles. The van der Waals surface area contributed by atoms with E-state index in [1.165, 1.54) is 0 Å². The SMILES string of the molecule is CC12CC=CC3=C1OP(=O)(O3)O2. The summed E-state index contributed by atoms with van der Waals surface area (Å²) >= 11 is 0. The molecule has 0 aromatic rings. The predicted molar refractivity (Wildman–Crippen MR) is 40.0 cm³/mol. The molecule has 2 bridgehead atoms. The van der Waals surface area contributed by atoms with Crippen molar-refractivity contribution in [3.63, 3.8) is 0 Å². The van der Waals surface area contributed by atoms with E-state index in [0.717, 1.165) is 0 Å². The number of allylic oxidation sites excluding steroid dienone is 1. The smallest absolute Gasteiger partial charge is 0.392 e. The summed E-state index contributed by atoms with van der Waals surface area (Å²) in [5, 5.41) is 0. The van der Waals surface area contributed by atoms with Crippen LogP contribution in [0.2, 0.25) is 0 Å². The molecule has 3 rings (SSSR count). The van der Waals surface area contributed by atoms with Crippen LogP contribution in [0.1, 0.15) is 13.3 Å². The Morgan fingerprint density at radius 2 is 2.42 bits per heavy atom. The Morgan fingerprint density at radius 1 is 1.58 bits per heavy atom. The van der Waals surface area contributed by atoms with Crippen LogP contribution < -0.4 is 0 Å². The lowest BCUT2D eigenvalue weighted by Crippen LogP contribution is -2.28. The van der Waals surface area contributed by atoms with E-state index in [9.17, 15) is 4.57 Å². The highest BCUT2D eigenvalue weighted by atomic mass is 31.2. The second-order valence-corrected chi connectivity index (χ2v) is 4.69. The van der Waals surface area contributed by atoms with Gasteiger partial charge in [0.25, 0.3) is 0 Å². The number of rotatable bonds is 0. The summed E-state index contributed by atoms with van der Waals surface area (Å²) in [4.78, 5) is 0. The molecule has 2 heterocycles. The highest BCUT2D eigenvalue weighted by Gasteiger charge is 2.60. The third-order valence-corrected chi connectivity index (χ3v) is 3.66. The quantitative estimate of drug-likeness (QED) is 0.543. The third-order valence-electron chi connectivity index (χ3n) is 2.21. The maximum atomic E-state index is 11.5. The molecule has 1 fully saturated rings. The first kappa shape index (κ1) is 6.75. The van der Waals surface area contributed by atoms with Crippen molar-refractivity contribution in [3.8, 4) is 0 Å². The molecular weight excluding hydrogens is 179 g/mol. The molecule has 0 radical (unpaired) electrons. The van der Waals surface area contributed by atoms with Gasteiger partial charge in [-0.3, -0.25) is 4.52 Å². The van der Waals surface area contributed by atoms with Gasteiger partial charge in [-0.15, -0.1) is 0 Å². The molecule has 4 nitrogen and oxygen atoms in total. The monoisotopic (exact) mass is 186 g/mol. The molecule has 2 aliphatic heterocycles. The van der Waals surface area contributed by atoms with Gasteiger partial charge in [-0.2, -0.15) is 0 Å². The largest absolute Gasteiger partial charge is 0.588 e. The lowest BCUT2D eigenvalue weighted by molar-refractivity contribution is 0.106. The molecule has 2 atom stereocenters. The fraction of sp³-hybridized carbons (Fsp3) is 0.429. The van der Waals surface area contributed by atoms with Crippen LogP contribution in [0.5, 0.6) is 0 Å². The lowest BCUT2D eigenvalue weighted by Gasteiger charge is -2.26. The van der Waals surface area contributed by atoms with Gasteiger partial charge in [0.15, 0.2) is 11.5 Å². The fourth-order valence-electron chi connectivity index (χ4n) is 1.65. The summed E-state index contributed by atoms with van der Waals surface area (Å²) in [5.41, 5.74) is -0.544. The van der Waals surface area contributed by atoms with Gasteiger partial charge in [0, 0.05) is 6.42 Å². The maximum absolute atomic E-state index is 11.5. The Hall–Kier alpha value is -0.730. The van der Waals surface area contributed by atoms with Crippen LogP contribution in [-0.4, -0.2) is 5.60 Å². The van der Waals surface area contributed by atoms with E-state index in [1.807, 2.05) is 13.0 Å². The first-order chi connectivity index (χ1) is 5.61. The van der Waals surface area contributed by atoms with E-state index in [1.54, 1.807) is 6.08 Å². The van der Waals surface area contributed by atoms with Crippen LogP contribution in [0.15, 0.2) is 23.7 Å². The van der Waals surface area contributed by atoms with Crippen LogP contribution in [0, 0.1) is 0 Å². The summed E-state index contributed by atoms with van der Waals surface area (Å²) in [7, 11) is -3.25. The minimum Gasteiger partial charge on any atom is -0.392 e. The summed E-state index contributed by atoms with van der Waals surface area (Å²) < 4.78 is 26.8. The molecular formula is C7H7O4P. The summed E-state index contributed by atoms with van der Waals surface area (Å²) in [6.45, 7) is 1.86. The Bertz CT molecular complexity index is 370. The Labute approximate surface area is 69.4 Å². The Balaban J connectivity index is 2.25. The average molecular weight is 186 g/mol. The van der Waals surface area contributed by atoms with Crippen LogP contribution in [-0.2, 0) is 18.1 Å². The van der Waals surface area contributed by atoms with Crippen LogP contribution in [0.25, 0.3) is 0 Å². The van der Waals surface area contributed by atoms with Gasteiger partial charge in [-0.05, 0) is 13.0 Å². The zero-order valence-electron chi connectivity index (χ0n) is 6.44. The topological polar surface area (TPSA) is 44.8 Å². The number of fused-ring (bicyclic) bond motifs is 1. The highest BCUT2D eigenvalue weighted by molar-refractivity contribution is 7.49. The molecule has 0 aromatic carbocycles. The van der Waals surface area contributed by atoms with Gasteiger partial charge in [-0.25, -0.2) is 4.57 Å². The second-order valence-electron chi connectivity index (χ2n) is 3.25. The number of phosphoric acid groups is 1. The van der Waals surface area contributed by atoms with Crippen molar-refractivity contribution < 1.29 is 18.1 Å². The van der Waals surface area contributed by atoms with E-state index in [4.69, 9.17) is 13.6 Å². The van der Waals surface area contributed by atoms with E-state index >= 15 is 0 Å². The predicted octanol–water partition coefficient (Wildman–Crippen LogP) is 2.10. The molecule has 3 aliphatic rings. The van der Waals surface area contributed by atoms with Gasteiger partial charge >= 0.3 is 7.82 Å². The van der Waals surface area contributed by atoms with E-state index in [0.29, 0.717) is 17.9 Å². The van der Waals surface area contributed by atoms with Gasteiger partial charge in [-0.1, -0.05) is 6.08 Å². The molecule has 64 valence electrons. The molecule has 12 heavy (non-hydrogen) atoms. The Morgan fingerprint density at radius 3 is 3.00 bits per heavy atom. The first-order valence-corrected chi connectivity index (χ1v) is 5.19. The molecule has 0 amide bonds. The van der Waals surface area contributed by atoms with Crippen molar-refractivity contribution in [2.45, 2.75) is 18.9 Å². The molecule has 0 saturated carbocycles. The van der Waals surface area contributed by atoms with Crippen molar-refractivity contribution in [2.75, 3.05) is 0 Å². The highest BCUT2D eigenvalue weighted by Crippen LogP contribution is 2.71.